The molecule has 3 nitrogen and oxygen atoms in total. The predicted molar refractivity (Wildman–Crippen MR) is 50.4 cm³/mol. The van der Waals surface area contributed by atoms with Crippen molar-refractivity contribution < 1.29 is 9.90 Å². The molecule has 0 aliphatic heterocycles. The van der Waals surface area contributed by atoms with Gasteiger partial charge in [-0.25, -0.2) is 4.79 Å². The molecule has 6 heteroatoms. The summed E-state index contributed by atoms with van der Waals surface area (Å²) in [6.07, 6.45) is 2.50. The van der Waals surface area contributed by atoms with Crippen LogP contribution in [0.3, 0.4) is 0 Å². The Morgan fingerprint density at radius 3 is 2.46 bits per heavy atom. The summed E-state index contributed by atoms with van der Waals surface area (Å²) in [4.78, 5) is 14.3. The SMILES string of the molecule is O=C(O)c1cnccc1C(Cl)(Cl)Cl. The number of carboxylic acid groups (broad SMARTS) is 1. The Balaban J connectivity index is 3.28. The summed E-state index contributed by atoms with van der Waals surface area (Å²) in [6, 6.07) is 1.36. The van der Waals surface area contributed by atoms with Gasteiger partial charge in [-0.15, -0.1) is 0 Å². The van der Waals surface area contributed by atoms with Crippen LogP contribution < -0.4 is 0 Å². The van der Waals surface area contributed by atoms with Crippen molar-refractivity contribution in [2.75, 3.05) is 0 Å². The molecule has 70 valence electrons. The monoisotopic (exact) mass is 239 g/mol. The van der Waals surface area contributed by atoms with Gasteiger partial charge in [0.25, 0.3) is 0 Å². The molecular weight excluding hydrogens is 236 g/mol. The zero-order chi connectivity index (χ0) is 10.1. The van der Waals surface area contributed by atoms with Crippen LogP contribution in [-0.4, -0.2) is 16.1 Å². The first-order valence-electron chi connectivity index (χ1n) is 3.17. The normalized spacial score (nSPS) is 11.3. The lowest BCUT2D eigenvalue weighted by Crippen LogP contribution is -2.10. The first-order chi connectivity index (χ1) is 5.93. The van der Waals surface area contributed by atoms with Crippen molar-refractivity contribution in [3.8, 4) is 0 Å². The Kier molecular flexibility index (Phi) is 3.01. The standard InChI is InChI=1S/C7H4Cl3NO2/c8-7(9,10)5-1-2-11-3-4(5)6(12)13/h1-3H,(H,12,13). The molecule has 0 aromatic carbocycles. The van der Waals surface area contributed by atoms with Crippen molar-refractivity contribution in [2.24, 2.45) is 0 Å². The van der Waals surface area contributed by atoms with Crippen molar-refractivity contribution in [1.29, 1.82) is 0 Å². The summed E-state index contributed by atoms with van der Waals surface area (Å²) >= 11 is 16.6. The van der Waals surface area contributed by atoms with E-state index in [9.17, 15) is 4.79 Å². The zero-order valence-corrected chi connectivity index (χ0v) is 8.44. The van der Waals surface area contributed by atoms with Crippen LogP contribution in [0, 0.1) is 0 Å². The van der Waals surface area contributed by atoms with Crippen LogP contribution in [0.1, 0.15) is 15.9 Å². The van der Waals surface area contributed by atoms with Gasteiger partial charge >= 0.3 is 5.97 Å². The highest BCUT2D eigenvalue weighted by atomic mass is 35.6. The number of rotatable bonds is 1. The second kappa shape index (κ2) is 3.70. The third-order valence-electron chi connectivity index (χ3n) is 1.36. The minimum atomic E-state index is -1.74. The predicted octanol–water partition coefficient (Wildman–Crippen LogP) is 2.61. The van der Waals surface area contributed by atoms with Gasteiger partial charge in [-0.3, -0.25) is 4.98 Å². The third-order valence-corrected chi connectivity index (χ3v) is 1.97. The Morgan fingerprint density at radius 1 is 1.46 bits per heavy atom. The molecule has 0 unspecified atom stereocenters. The molecule has 0 spiro atoms. The van der Waals surface area contributed by atoms with Gasteiger partial charge in [0.05, 0.1) is 5.56 Å². The fourth-order valence-electron chi connectivity index (χ4n) is 0.812. The van der Waals surface area contributed by atoms with E-state index in [1.54, 1.807) is 0 Å². The Hall–Kier alpha value is -0.510. The molecule has 1 rings (SSSR count). The van der Waals surface area contributed by atoms with Gasteiger partial charge in [-0.1, -0.05) is 34.8 Å². The lowest BCUT2D eigenvalue weighted by atomic mass is 10.1. The van der Waals surface area contributed by atoms with Gasteiger partial charge in [0.2, 0.25) is 3.79 Å². The van der Waals surface area contributed by atoms with Crippen molar-refractivity contribution in [3.05, 3.63) is 29.6 Å². The minimum Gasteiger partial charge on any atom is -0.478 e. The summed E-state index contributed by atoms with van der Waals surface area (Å²) in [5.74, 6) is -1.17. The number of pyridine rings is 1. The van der Waals surface area contributed by atoms with Crippen LogP contribution in [0.2, 0.25) is 0 Å². The van der Waals surface area contributed by atoms with E-state index >= 15 is 0 Å². The number of hydrogen-bond acceptors (Lipinski definition) is 2. The summed E-state index contributed by atoms with van der Waals surface area (Å²) in [5, 5.41) is 8.71. The lowest BCUT2D eigenvalue weighted by Gasteiger charge is -2.12. The summed E-state index contributed by atoms with van der Waals surface area (Å²) in [7, 11) is 0. The number of carbonyl (C=O) groups is 1. The van der Waals surface area contributed by atoms with E-state index in [0.29, 0.717) is 0 Å². The van der Waals surface area contributed by atoms with Gasteiger partial charge in [-0.05, 0) is 6.07 Å². The largest absolute Gasteiger partial charge is 0.478 e. The van der Waals surface area contributed by atoms with Crippen LogP contribution >= 0.6 is 34.8 Å². The fraction of sp³-hybridized carbons (Fsp3) is 0.143. The molecule has 1 heterocycles. The van der Waals surface area contributed by atoms with Crippen molar-refractivity contribution in [2.45, 2.75) is 3.79 Å². The maximum Gasteiger partial charge on any atom is 0.337 e. The Bertz CT molecular complexity index is 335. The molecule has 1 aromatic heterocycles. The van der Waals surface area contributed by atoms with E-state index in [1.165, 1.54) is 12.3 Å². The van der Waals surface area contributed by atoms with Gasteiger partial charge in [0.1, 0.15) is 0 Å². The molecule has 1 N–H and O–H groups in total. The summed E-state index contributed by atoms with van der Waals surface area (Å²) in [5.41, 5.74) is 0.00231. The van der Waals surface area contributed by atoms with Gasteiger partial charge in [0, 0.05) is 18.0 Å². The van der Waals surface area contributed by atoms with E-state index in [-0.39, 0.29) is 11.1 Å². The molecule has 0 aliphatic carbocycles. The first kappa shape index (κ1) is 10.6. The minimum absolute atomic E-state index is 0.109. The molecule has 0 amide bonds. The lowest BCUT2D eigenvalue weighted by molar-refractivity contribution is 0.0695. The topological polar surface area (TPSA) is 50.2 Å². The van der Waals surface area contributed by atoms with Crippen LogP contribution in [0.4, 0.5) is 0 Å². The van der Waals surface area contributed by atoms with Gasteiger partial charge in [0.15, 0.2) is 0 Å². The molecular formula is C7H4Cl3NO2. The molecule has 0 saturated carbocycles. The average molecular weight is 240 g/mol. The molecule has 0 radical (unpaired) electrons. The van der Waals surface area contributed by atoms with E-state index in [1.807, 2.05) is 0 Å². The number of carboxylic acids is 1. The first-order valence-corrected chi connectivity index (χ1v) is 4.31. The van der Waals surface area contributed by atoms with E-state index in [4.69, 9.17) is 39.9 Å². The number of aromatic nitrogens is 1. The average Bonchev–Trinajstić information content (AvgIpc) is 2.03. The molecule has 0 bridgehead atoms. The number of nitrogens with zero attached hydrogens (tertiary/aromatic N) is 1. The van der Waals surface area contributed by atoms with E-state index < -0.39 is 9.76 Å². The Morgan fingerprint density at radius 2 is 2.08 bits per heavy atom. The molecule has 0 saturated heterocycles. The van der Waals surface area contributed by atoms with E-state index in [0.717, 1.165) is 6.20 Å². The molecule has 0 fully saturated rings. The van der Waals surface area contributed by atoms with Crippen molar-refractivity contribution >= 4 is 40.8 Å². The maximum atomic E-state index is 10.7. The molecule has 1 aromatic rings. The van der Waals surface area contributed by atoms with Crippen LogP contribution in [0.15, 0.2) is 18.5 Å². The summed E-state index contributed by atoms with van der Waals surface area (Å²) < 4.78 is -1.74. The second-order valence-corrected chi connectivity index (χ2v) is 4.51. The quantitative estimate of drug-likeness (QED) is 0.768. The van der Waals surface area contributed by atoms with Crippen molar-refractivity contribution in [3.63, 3.8) is 0 Å². The zero-order valence-electron chi connectivity index (χ0n) is 6.17. The summed E-state index contributed by atoms with van der Waals surface area (Å²) in [6.45, 7) is 0. The second-order valence-electron chi connectivity index (χ2n) is 2.22. The fourth-order valence-corrected chi connectivity index (χ4v) is 1.31. The van der Waals surface area contributed by atoms with E-state index in [2.05, 4.69) is 4.98 Å². The number of alkyl halides is 3. The van der Waals surface area contributed by atoms with Crippen molar-refractivity contribution in [1.82, 2.24) is 4.98 Å². The number of hydrogen-bond donors (Lipinski definition) is 1. The molecule has 0 atom stereocenters. The number of halogens is 3. The highest BCUT2D eigenvalue weighted by Gasteiger charge is 2.28. The molecule has 0 aliphatic rings. The maximum absolute atomic E-state index is 10.7. The smallest absolute Gasteiger partial charge is 0.337 e. The van der Waals surface area contributed by atoms with Crippen LogP contribution in [0.5, 0.6) is 0 Å². The number of aromatic carboxylic acids is 1. The van der Waals surface area contributed by atoms with Gasteiger partial charge in [-0.2, -0.15) is 0 Å². The Labute approximate surface area is 89.2 Å². The van der Waals surface area contributed by atoms with Crippen LogP contribution in [0.25, 0.3) is 0 Å². The van der Waals surface area contributed by atoms with Gasteiger partial charge < -0.3 is 5.11 Å². The van der Waals surface area contributed by atoms with Crippen LogP contribution in [-0.2, 0) is 3.79 Å². The highest BCUT2D eigenvalue weighted by molar-refractivity contribution is 6.67. The highest BCUT2D eigenvalue weighted by Crippen LogP contribution is 2.39. The third kappa shape index (κ3) is 2.46. The molecule has 13 heavy (non-hydrogen) atoms.